The molecule has 96 valence electrons. The summed E-state index contributed by atoms with van der Waals surface area (Å²) in [6.45, 7) is 3.83. The molecule has 1 aliphatic carbocycles. The lowest BCUT2D eigenvalue weighted by atomic mass is 10.00. The summed E-state index contributed by atoms with van der Waals surface area (Å²) in [5.41, 5.74) is 3.27. The van der Waals surface area contributed by atoms with Gasteiger partial charge in [-0.3, -0.25) is 0 Å². The second kappa shape index (κ2) is 7.49. The van der Waals surface area contributed by atoms with E-state index in [2.05, 4.69) is 25.2 Å². The Labute approximate surface area is 109 Å². The van der Waals surface area contributed by atoms with Crippen LogP contribution in [0.4, 0.5) is 0 Å². The van der Waals surface area contributed by atoms with Gasteiger partial charge >= 0.3 is 5.97 Å². The standard InChI is InChI=1S/C16H20O2/c1-13(11-15-9-4-3-5-10-15)7-6-8-14(2)12-16(17)18/h4,6-9,11-12H,3,5,10H2,1-2H3,(H,17,18)/b8-6+,13-7+,14-12-,15-11-. The number of carboxylic acids is 1. The largest absolute Gasteiger partial charge is 0.478 e. The number of rotatable bonds is 4. The Balaban J connectivity index is 2.61. The molecule has 0 aromatic rings. The average molecular weight is 244 g/mol. The van der Waals surface area contributed by atoms with Crippen molar-refractivity contribution < 1.29 is 9.90 Å². The minimum atomic E-state index is -0.910. The number of hydrogen-bond acceptors (Lipinski definition) is 1. The van der Waals surface area contributed by atoms with E-state index in [1.165, 1.54) is 30.1 Å². The lowest BCUT2D eigenvalue weighted by molar-refractivity contribution is -0.131. The molecule has 18 heavy (non-hydrogen) atoms. The van der Waals surface area contributed by atoms with Crippen molar-refractivity contribution in [2.24, 2.45) is 0 Å². The van der Waals surface area contributed by atoms with Crippen molar-refractivity contribution in [1.82, 2.24) is 0 Å². The first-order valence-corrected chi connectivity index (χ1v) is 6.21. The van der Waals surface area contributed by atoms with Crippen LogP contribution in [0.5, 0.6) is 0 Å². The van der Waals surface area contributed by atoms with Gasteiger partial charge in [0.05, 0.1) is 0 Å². The van der Waals surface area contributed by atoms with Crippen LogP contribution in [0.2, 0.25) is 0 Å². The fraction of sp³-hybridized carbons (Fsp3) is 0.312. The van der Waals surface area contributed by atoms with E-state index in [4.69, 9.17) is 5.11 Å². The van der Waals surface area contributed by atoms with Gasteiger partial charge in [-0.1, -0.05) is 42.0 Å². The second-order valence-electron chi connectivity index (χ2n) is 4.51. The molecule has 0 atom stereocenters. The molecule has 0 saturated heterocycles. The maximum atomic E-state index is 10.4. The van der Waals surface area contributed by atoms with Crippen LogP contribution in [0.25, 0.3) is 0 Å². The third-order valence-corrected chi connectivity index (χ3v) is 2.65. The van der Waals surface area contributed by atoms with Crippen LogP contribution in [0.1, 0.15) is 33.1 Å². The van der Waals surface area contributed by atoms with Crippen molar-refractivity contribution in [3.05, 3.63) is 59.3 Å². The first-order valence-electron chi connectivity index (χ1n) is 6.21. The Kier molecular flexibility index (Phi) is 5.92. The van der Waals surface area contributed by atoms with Crippen molar-refractivity contribution in [1.29, 1.82) is 0 Å². The van der Waals surface area contributed by atoms with Crippen LogP contribution in [0, 0.1) is 0 Å². The third-order valence-electron chi connectivity index (χ3n) is 2.65. The van der Waals surface area contributed by atoms with E-state index in [1.54, 1.807) is 13.0 Å². The topological polar surface area (TPSA) is 37.3 Å². The highest BCUT2D eigenvalue weighted by atomic mass is 16.4. The van der Waals surface area contributed by atoms with Gasteiger partial charge in [0, 0.05) is 6.08 Å². The molecule has 0 fully saturated rings. The summed E-state index contributed by atoms with van der Waals surface area (Å²) in [7, 11) is 0. The van der Waals surface area contributed by atoms with Crippen LogP contribution in [0.15, 0.2) is 59.3 Å². The van der Waals surface area contributed by atoms with Gasteiger partial charge in [-0.2, -0.15) is 0 Å². The summed E-state index contributed by atoms with van der Waals surface area (Å²) in [4.78, 5) is 10.4. The molecule has 0 aromatic carbocycles. The normalized spacial score (nSPS) is 19.8. The highest BCUT2D eigenvalue weighted by Gasteiger charge is 1.97. The summed E-state index contributed by atoms with van der Waals surface area (Å²) in [5.74, 6) is -0.910. The summed E-state index contributed by atoms with van der Waals surface area (Å²) in [6, 6.07) is 0. The van der Waals surface area contributed by atoms with Gasteiger partial charge in [0.1, 0.15) is 0 Å². The SMILES string of the molecule is CC(=C/C(=O)O)/C=C/C=C(C)/C=C1/C=CCCC1. The molecule has 0 spiro atoms. The van der Waals surface area contributed by atoms with E-state index in [-0.39, 0.29) is 0 Å². The summed E-state index contributed by atoms with van der Waals surface area (Å²) in [6.07, 6.45) is 17.0. The van der Waals surface area contributed by atoms with Crippen LogP contribution in [-0.2, 0) is 4.79 Å². The Morgan fingerprint density at radius 3 is 2.72 bits per heavy atom. The number of carboxylic acid groups (broad SMARTS) is 1. The average Bonchev–Trinajstić information content (AvgIpc) is 2.29. The summed E-state index contributed by atoms with van der Waals surface area (Å²) in [5, 5.41) is 8.57. The minimum Gasteiger partial charge on any atom is -0.478 e. The van der Waals surface area contributed by atoms with Crippen LogP contribution < -0.4 is 0 Å². The highest BCUT2D eigenvalue weighted by molar-refractivity contribution is 5.81. The van der Waals surface area contributed by atoms with Gasteiger partial charge in [-0.25, -0.2) is 4.79 Å². The molecule has 1 aliphatic rings. The van der Waals surface area contributed by atoms with Crippen LogP contribution in [0.3, 0.4) is 0 Å². The van der Waals surface area contributed by atoms with Gasteiger partial charge in [0.15, 0.2) is 0 Å². The molecular weight excluding hydrogens is 224 g/mol. The molecule has 0 amide bonds. The lowest BCUT2D eigenvalue weighted by Gasteiger charge is -2.06. The lowest BCUT2D eigenvalue weighted by Crippen LogP contribution is -1.87. The van der Waals surface area contributed by atoms with Crippen molar-refractivity contribution in [2.75, 3.05) is 0 Å². The minimum absolute atomic E-state index is 0.733. The zero-order valence-corrected chi connectivity index (χ0v) is 11.0. The molecule has 0 unspecified atom stereocenters. The van der Waals surface area contributed by atoms with Crippen molar-refractivity contribution in [2.45, 2.75) is 33.1 Å². The fourth-order valence-corrected chi connectivity index (χ4v) is 1.80. The van der Waals surface area contributed by atoms with Crippen molar-refractivity contribution in [3.63, 3.8) is 0 Å². The first kappa shape index (κ1) is 14.2. The Bertz CT molecular complexity index is 446. The van der Waals surface area contributed by atoms with E-state index in [1.807, 2.05) is 12.2 Å². The first-order chi connectivity index (χ1) is 8.58. The smallest absolute Gasteiger partial charge is 0.328 e. The monoisotopic (exact) mass is 244 g/mol. The Morgan fingerprint density at radius 2 is 2.11 bits per heavy atom. The molecule has 0 aliphatic heterocycles. The molecule has 0 aromatic heterocycles. The van der Waals surface area contributed by atoms with Gasteiger partial charge < -0.3 is 5.11 Å². The van der Waals surface area contributed by atoms with E-state index in [9.17, 15) is 4.79 Å². The predicted molar refractivity (Wildman–Crippen MR) is 75.4 cm³/mol. The van der Waals surface area contributed by atoms with Gasteiger partial charge in [0.2, 0.25) is 0 Å². The highest BCUT2D eigenvalue weighted by Crippen LogP contribution is 2.17. The molecule has 0 radical (unpaired) electrons. The molecule has 0 heterocycles. The van der Waals surface area contributed by atoms with Gasteiger partial charge in [0.25, 0.3) is 0 Å². The molecule has 1 rings (SSSR count). The maximum Gasteiger partial charge on any atom is 0.328 e. The number of allylic oxidation sites excluding steroid dienone is 9. The van der Waals surface area contributed by atoms with Crippen molar-refractivity contribution in [3.8, 4) is 0 Å². The summed E-state index contributed by atoms with van der Waals surface area (Å²) < 4.78 is 0. The Morgan fingerprint density at radius 1 is 1.33 bits per heavy atom. The molecule has 1 N–H and O–H groups in total. The zero-order valence-electron chi connectivity index (χ0n) is 11.0. The predicted octanol–water partition coefficient (Wildman–Crippen LogP) is 4.19. The molecule has 0 saturated carbocycles. The number of carbonyl (C=O) groups is 1. The van der Waals surface area contributed by atoms with E-state index in [0.29, 0.717) is 0 Å². The number of aliphatic carboxylic acids is 1. The van der Waals surface area contributed by atoms with E-state index in [0.717, 1.165) is 12.0 Å². The Hall–Kier alpha value is -1.83. The van der Waals surface area contributed by atoms with Crippen LogP contribution >= 0.6 is 0 Å². The van der Waals surface area contributed by atoms with E-state index < -0.39 is 5.97 Å². The van der Waals surface area contributed by atoms with Gasteiger partial charge in [-0.05, 0) is 44.3 Å². The van der Waals surface area contributed by atoms with Crippen LogP contribution in [-0.4, -0.2) is 11.1 Å². The molecule has 2 nitrogen and oxygen atoms in total. The quantitative estimate of drug-likeness (QED) is 0.595. The summed E-state index contributed by atoms with van der Waals surface area (Å²) >= 11 is 0. The molecule has 2 heteroatoms. The van der Waals surface area contributed by atoms with E-state index >= 15 is 0 Å². The number of hydrogen-bond donors (Lipinski definition) is 1. The second-order valence-corrected chi connectivity index (χ2v) is 4.51. The third kappa shape index (κ3) is 6.04. The van der Waals surface area contributed by atoms with Crippen molar-refractivity contribution >= 4 is 5.97 Å². The fourth-order valence-electron chi connectivity index (χ4n) is 1.80. The maximum absolute atomic E-state index is 10.4. The molecule has 0 bridgehead atoms. The zero-order chi connectivity index (χ0) is 13.4. The van der Waals surface area contributed by atoms with Gasteiger partial charge in [-0.15, -0.1) is 0 Å². The molecular formula is C16H20O2.